The summed E-state index contributed by atoms with van der Waals surface area (Å²) in [6.45, 7) is 3.54. The fraction of sp³-hybridized carbons (Fsp3) is 1.00. The van der Waals surface area contributed by atoms with E-state index in [9.17, 15) is 5.11 Å². The summed E-state index contributed by atoms with van der Waals surface area (Å²) < 4.78 is 10.8. The lowest BCUT2D eigenvalue weighted by Crippen LogP contribution is -2.42. The molecule has 2 unspecified atom stereocenters. The Bertz CT molecular complexity index is 191. The second-order valence-electron chi connectivity index (χ2n) is 4.96. The summed E-state index contributed by atoms with van der Waals surface area (Å²) in [6.07, 6.45) is 4.48. The average molecular weight is 229 g/mol. The molecule has 1 aliphatic carbocycles. The van der Waals surface area contributed by atoms with Gasteiger partial charge in [-0.2, -0.15) is 0 Å². The van der Waals surface area contributed by atoms with Gasteiger partial charge < -0.3 is 19.9 Å². The molecule has 2 atom stereocenters. The van der Waals surface area contributed by atoms with Gasteiger partial charge in [-0.25, -0.2) is 0 Å². The first kappa shape index (κ1) is 12.3. The molecule has 0 radical (unpaired) electrons. The minimum absolute atomic E-state index is 0.388. The molecule has 16 heavy (non-hydrogen) atoms. The first-order valence-electron chi connectivity index (χ1n) is 6.41. The monoisotopic (exact) mass is 229 g/mol. The Balaban J connectivity index is 1.46. The maximum absolute atomic E-state index is 9.68. The van der Waals surface area contributed by atoms with Crippen molar-refractivity contribution >= 4 is 0 Å². The smallest absolute Gasteiger partial charge is 0.0897 e. The number of rotatable bonds is 7. The van der Waals surface area contributed by atoms with Crippen LogP contribution in [0.25, 0.3) is 0 Å². The van der Waals surface area contributed by atoms with Crippen molar-refractivity contribution in [3.8, 4) is 0 Å². The summed E-state index contributed by atoms with van der Waals surface area (Å²) in [5, 5.41) is 13.0. The number of hydrogen-bond acceptors (Lipinski definition) is 4. The lowest BCUT2D eigenvalue weighted by Gasteiger charge is -2.24. The van der Waals surface area contributed by atoms with Crippen molar-refractivity contribution in [3.63, 3.8) is 0 Å². The quantitative estimate of drug-likeness (QED) is 0.669. The van der Waals surface area contributed by atoms with E-state index in [-0.39, 0.29) is 6.10 Å². The predicted octanol–water partition coefficient (Wildman–Crippen LogP) is 0.542. The van der Waals surface area contributed by atoms with Gasteiger partial charge >= 0.3 is 0 Å². The third-order valence-corrected chi connectivity index (χ3v) is 3.16. The maximum atomic E-state index is 9.68. The van der Waals surface area contributed by atoms with Gasteiger partial charge in [0.1, 0.15) is 0 Å². The molecule has 4 heteroatoms. The van der Waals surface area contributed by atoms with E-state index in [2.05, 4.69) is 5.32 Å². The van der Waals surface area contributed by atoms with Crippen LogP contribution < -0.4 is 5.32 Å². The molecule has 0 aromatic rings. The highest BCUT2D eigenvalue weighted by Crippen LogP contribution is 2.28. The van der Waals surface area contributed by atoms with Crippen LogP contribution in [-0.4, -0.2) is 50.2 Å². The summed E-state index contributed by atoms with van der Waals surface area (Å²) >= 11 is 0. The van der Waals surface area contributed by atoms with E-state index in [0.717, 1.165) is 38.6 Å². The normalized spacial score (nSPS) is 27.9. The maximum Gasteiger partial charge on any atom is 0.0897 e. The van der Waals surface area contributed by atoms with Crippen molar-refractivity contribution < 1.29 is 14.6 Å². The topological polar surface area (TPSA) is 50.7 Å². The second-order valence-corrected chi connectivity index (χ2v) is 4.96. The Morgan fingerprint density at radius 3 is 2.94 bits per heavy atom. The van der Waals surface area contributed by atoms with Crippen LogP contribution >= 0.6 is 0 Å². The minimum atomic E-state index is -0.388. The van der Waals surface area contributed by atoms with Gasteiger partial charge in [-0.1, -0.05) is 0 Å². The highest BCUT2D eigenvalue weighted by atomic mass is 16.5. The lowest BCUT2D eigenvalue weighted by atomic mass is 10.1. The number of nitrogens with one attached hydrogen (secondary N) is 1. The Kier molecular flexibility index (Phi) is 5.03. The van der Waals surface area contributed by atoms with Gasteiger partial charge in [0.05, 0.1) is 19.3 Å². The van der Waals surface area contributed by atoms with E-state index >= 15 is 0 Å². The van der Waals surface area contributed by atoms with Gasteiger partial charge in [0, 0.05) is 25.8 Å². The van der Waals surface area contributed by atoms with E-state index in [4.69, 9.17) is 9.47 Å². The van der Waals surface area contributed by atoms with E-state index in [1.54, 1.807) is 0 Å². The van der Waals surface area contributed by atoms with Crippen LogP contribution in [0.2, 0.25) is 0 Å². The molecule has 1 saturated heterocycles. The molecular formula is C12H23NO3. The van der Waals surface area contributed by atoms with E-state index in [0.29, 0.717) is 19.2 Å². The Morgan fingerprint density at radius 1 is 1.38 bits per heavy atom. The molecule has 2 aliphatic rings. The van der Waals surface area contributed by atoms with Crippen molar-refractivity contribution in [2.75, 3.05) is 33.0 Å². The summed E-state index contributed by atoms with van der Waals surface area (Å²) in [4.78, 5) is 0. The van der Waals surface area contributed by atoms with Crippen LogP contribution in [0.3, 0.4) is 0 Å². The first-order chi connectivity index (χ1) is 7.84. The van der Waals surface area contributed by atoms with Gasteiger partial charge in [-0.3, -0.25) is 0 Å². The van der Waals surface area contributed by atoms with Gasteiger partial charge in [-0.15, -0.1) is 0 Å². The van der Waals surface area contributed by atoms with Gasteiger partial charge in [0.15, 0.2) is 0 Å². The molecule has 4 nitrogen and oxygen atoms in total. The van der Waals surface area contributed by atoms with Crippen LogP contribution in [0.15, 0.2) is 0 Å². The first-order valence-corrected chi connectivity index (χ1v) is 6.41. The molecule has 94 valence electrons. The van der Waals surface area contributed by atoms with Gasteiger partial charge in [-0.05, 0) is 31.6 Å². The van der Waals surface area contributed by atoms with Crippen molar-refractivity contribution in [2.45, 2.75) is 37.8 Å². The van der Waals surface area contributed by atoms with Gasteiger partial charge in [0.2, 0.25) is 0 Å². The molecule has 0 aromatic heterocycles. The molecule has 0 spiro atoms. The third kappa shape index (κ3) is 4.78. The van der Waals surface area contributed by atoms with E-state index in [1.807, 2.05) is 0 Å². The van der Waals surface area contributed by atoms with Crippen LogP contribution in [0.1, 0.15) is 25.7 Å². The largest absolute Gasteiger partial charge is 0.389 e. The van der Waals surface area contributed by atoms with Gasteiger partial charge in [0.25, 0.3) is 0 Å². The minimum Gasteiger partial charge on any atom is -0.389 e. The van der Waals surface area contributed by atoms with Crippen LogP contribution in [0.5, 0.6) is 0 Å². The Labute approximate surface area is 97.3 Å². The highest BCUT2D eigenvalue weighted by molar-refractivity contribution is 4.74. The zero-order valence-corrected chi connectivity index (χ0v) is 9.86. The van der Waals surface area contributed by atoms with Crippen LogP contribution in [0.4, 0.5) is 0 Å². The molecule has 1 aliphatic heterocycles. The van der Waals surface area contributed by atoms with Crippen molar-refractivity contribution in [3.05, 3.63) is 0 Å². The zero-order chi connectivity index (χ0) is 11.2. The molecule has 0 aromatic carbocycles. The Hall–Kier alpha value is -0.160. The second kappa shape index (κ2) is 6.55. The number of hydrogen-bond donors (Lipinski definition) is 2. The fourth-order valence-corrected chi connectivity index (χ4v) is 1.92. The SMILES string of the molecule is OC(CNC1CCCOC1)COCC1CC1. The van der Waals surface area contributed by atoms with E-state index in [1.165, 1.54) is 12.8 Å². The summed E-state index contributed by atoms with van der Waals surface area (Å²) in [7, 11) is 0. The van der Waals surface area contributed by atoms with Crippen molar-refractivity contribution in [2.24, 2.45) is 5.92 Å². The molecular weight excluding hydrogens is 206 g/mol. The van der Waals surface area contributed by atoms with E-state index < -0.39 is 0 Å². The summed E-state index contributed by atoms with van der Waals surface area (Å²) in [5.41, 5.74) is 0. The molecule has 2 fully saturated rings. The van der Waals surface area contributed by atoms with Crippen molar-refractivity contribution in [1.82, 2.24) is 5.32 Å². The fourth-order valence-electron chi connectivity index (χ4n) is 1.92. The lowest BCUT2D eigenvalue weighted by molar-refractivity contribution is 0.0235. The molecule has 2 rings (SSSR count). The van der Waals surface area contributed by atoms with Crippen LogP contribution in [0, 0.1) is 5.92 Å². The summed E-state index contributed by atoms with van der Waals surface area (Å²) in [6, 6.07) is 0.409. The number of aliphatic hydroxyl groups is 1. The van der Waals surface area contributed by atoms with Crippen LogP contribution in [-0.2, 0) is 9.47 Å². The number of ether oxygens (including phenoxy) is 2. The molecule has 1 heterocycles. The zero-order valence-electron chi connectivity index (χ0n) is 9.86. The average Bonchev–Trinajstić information content (AvgIpc) is 3.12. The summed E-state index contributed by atoms with van der Waals surface area (Å²) in [5.74, 6) is 0.770. The molecule has 0 bridgehead atoms. The molecule has 1 saturated carbocycles. The highest BCUT2D eigenvalue weighted by Gasteiger charge is 2.21. The molecule has 2 N–H and O–H groups in total. The molecule has 0 amide bonds. The standard InChI is InChI=1S/C12H23NO3/c14-12(9-16-7-10-3-4-10)6-13-11-2-1-5-15-8-11/h10-14H,1-9H2. The van der Waals surface area contributed by atoms with Crippen molar-refractivity contribution in [1.29, 1.82) is 0 Å². The Morgan fingerprint density at radius 2 is 2.25 bits per heavy atom. The predicted molar refractivity (Wildman–Crippen MR) is 61.4 cm³/mol. The third-order valence-electron chi connectivity index (χ3n) is 3.16. The number of aliphatic hydroxyl groups excluding tert-OH is 1.